The zero-order chi connectivity index (χ0) is 24.7. The SMILES string of the molecule is COc1ccc(S(=O)(=O)N(CC(=O)NC(C)c2ccc(Br)cc2)Cc2ccccc2)cc1OC. The minimum absolute atomic E-state index is 0.00911. The van der Waals surface area contributed by atoms with Gasteiger partial charge in [-0.2, -0.15) is 4.31 Å². The Kier molecular flexibility index (Phi) is 8.71. The van der Waals surface area contributed by atoms with Gasteiger partial charge < -0.3 is 14.8 Å². The molecule has 0 saturated heterocycles. The fraction of sp³-hybridized carbons (Fsp3) is 0.240. The third-order valence-corrected chi connectivity index (χ3v) is 7.58. The van der Waals surface area contributed by atoms with Gasteiger partial charge in [-0.3, -0.25) is 4.79 Å². The highest BCUT2D eigenvalue weighted by atomic mass is 79.9. The summed E-state index contributed by atoms with van der Waals surface area (Å²) in [6.45, 7) is 1.55. The number of hydrogen-bond acceptors (Lipinski definition) is 5. The van der Waals surface area contributed by atoms with E-state index in [4.69, 9.17) is 9.47 Å². The first-order chi connectivity index (χ1) is 16.2. The average Bonchev–Trinajstić information content (AvgIpc) is 2.84. The van der Waals surface area contributed by atoms with E-state index in [0.29, 0.717) is 5.75 Å². The lowest BCUT2D eigenvalue weighted by Crippen LogP contribution is -2.41. The first-order valence-electron chi connectivity index (χ1n) is 10.6. The average molecular weight is 547 g/mol. The van der Waals surface area contributed by atoms with E-state index in [0.717, 1.165) is 19.9 Å². The Balaban J connectivity index is 1.87. The molecule has 0 bridgehead atoms. The largest absolute Gasteiger partial charge is 0.493 e. The second-order valence-electron chi connectivity index (χ2n) is 7.62. The fourth-order valence-electron chi connectivity index (χ4n) is 3.42. The first kappa shape index (κ1) is 25.7. The number of ether oxygens (including phenoxy) is 2. The molecular weight excluding hydrogens is 520 g/mol. The Morgan fingerprint density at radius 2 is 1.62 bits per heavy atom. The summed E-state index contributed by atoms with van der Waals surface area (Å²) in [5, 5.41) is 2.89. The zero-order valence-corrected chi connectivity index (χ0v) is 21.6. The second kappa shape index (κ2) is 11.5. The molecule has 0 heterocycles. The molecule has 3 rings (SSSR count). The van der Waals surface area contributed by atoms with Gasteiger partial charge in [0.05, 0.1) is 31.7 Å². The molecule has 180 valence electrons. The molecule has 3 aromatic carbocycles. The summed E-state index contributed by atoms with van der Waals surface area (Å²) in [6.07, 6.45) is 0. The van der Waals surface area contributed by atoms with E-state index in [1.54, 1.807) is 0 Å². The maximum absolute atomic E-state index is 13.6. The number of hydrogen-bond donors (Lipinski definition) is 1. The van der Waals surface area contributed by atoms with E-state index < -0.39 is 15.9 Å². The van der Waals surface area contributed by atoms with Gasteiger partial charge in [0.25, 0.3) is 0 Å². The third kappa shape index (κ3) is 6.37. The fourth-order valence-corrected chi connectivity index (χ4v) is 5.09. The number of halogens is 1. The van der Waals surface area contributed by atoms with E-state index in [-0.39, 0.29) is 29.8 Å². The number of carbonyl (C=O) groups is 1. The molecule has 7 nitrogen and oxygen atoms in total. The number of sulfonamides is 1. The molecule has 0 fully saturated rings. The first-order valence-corrected chi connectivity index (χ1v) is 12.8. The van der Waals surface area contributed by atoms with Crippen molar-refractivity contribution in [3.8, 4) is 11.5 Å². The van der Waals surface area contributed by atoms with Gasteiger partial charge in [0.15, 0.2) is 11.5 Å². The van der Waals surface area contributed by atoms with Crippen LogP contribution in [0.3, 0.4) is 0 Å². The van der Waals surface area contributed by atoms with Crippen LogP contribution in [0.2, 0.25) is 0 Å². The van der Waals surface area contributed by atoms with Gasteiger partial charge in [-0.1, -0.05) is 58.4 Å². The molecule has 3 aromatic rings. The van der Waals surface area contributed by atoms with Crippen molar-refractivity contribution in [1.29, 1.82) is 0 Å². The monoisotopic (exact) mass is 546 g/mol. The predicted octanol–water partition coefficient (Wildman–Crippen LogP) is 4.53. The van der Waals surface area contributed by atoms with Crippen LogP contribution in [-0.4, -0.2) is 39.4 Å². The summed E-state index contributed by atoms with van der Waals surface area (Å²) in [7, 11) is -1.11. The molecular formula is C25H27BrN2O5S. The van der Waals surface area contributed by atoms with Crippen molar-refractivity contribution < 1.29 is 22.7 Å². The molecule has 0 radical (unpaired) electrons. The van der Waals surface area contributed by atoms with Crippen LogP contribution in [0.25, 0.3) is 0 Å². The van der Waals surface area contributed by atoms with E-state index in [2.05, 4.69) is 21.2 Å². The summed E-state index contributed by atoms with van der Waals surface area (Å²) < 4.78 is 39.7. The highest BCUT2D eigenvalue weighted by Crippen LogP contribution is 2.31. The van der Waals surface area contributed by atoms with Crippen LogP contribution in [-0.2, 0) is 21.4 Å². The van der Waals surface area contributed by atoms with Crippen LogP contribution < -0.4 is 14.8 Å². The molecule has 34 heavy (non-hydrogen) atoms. The Hall–Kier alpha value is -2.88. The Morgan fingerprint density at radius 1 is 0.971 bits per heavy atom. The summed E-state index contributed by atoms with van der Waals surface area (Å²) in [5.74, 6) is 0.295. The van der Waals surface area contributed by atoms with Crippen molar-refractivity contribution in [3.63, 3.8) is 0 Å². The number of methoxy groups -OCH3 is 2. The van der Waals surface area contributed by atoms with Crippen LogP contribution in [0.15, 0.2) is 82.2 Å². The van der Waals surface area contributed by atoms with Crippen molar-refractivity contribution in [2.45, 2.75) is 24.4 Å². The van der Waals surface area contributed by atoms with Gasteiger partial charge in [0.1, 0.15) is 0 Å². The topological polar surface area (TPSA) is 84.9 Å². The highest BCUT2D eigenvalue weighted by Gasteiger charge is 2.28. The predicted molar refractivity (Wildman–Crippen MR) is 134 cm³/mol. The van der Waals surface area contributed by atoms with E-state index in [9.17, 15) is 13.2 Å². The second-order valence-corrected chi connectivity index (χ2v) is 10.5. The summed E-state index contributed by atoms with van der Waals surface area (Å²) in [5.41, 5.74) is 1.68. The van der Waals surface area contributed by atoms with Crippen LogP contribution in [0.5, 0.6) is 11.5 Å². The van der Waals surface area contributed by atoms with E-state index in [1.807, 2.05) is 61.5 Å². The molecule has 0 saturated carbocycles. The standard InChI is InChI=1S/C25H27BrN2O5S/c1-18(20-9-11-21(26)12-10-20)27-25(29)17-28(16-19-7-5-4-6-8-19)34(30,31)22-13-14-23(32-2)24(15-22)33-3/h4-15,18H,16-17H2,1-3H3,(H,27,29). The van der Waals surface area contributed by atoms with Crippen molar-refractivity contribution in [2.24, 2.45) is 0 Å². The summed E-state index contributed by atoms with van der Waals surface area (Å²) >= 11 is 3.40. The number of rotatable bonds is 10. The minimum atomic E-state index is -4.03. The number of benzene rings is 3. The normalized spacial score (nSPS) is 12.3. The number of nitrogens with zero attached hydrogens (tertiary/aromatic N) is 1. The quantitative estimate of drug-likeness (QED) is 0.403. The van der Waals surface area contributed by atoms with Crippen LogP contribution in [0.1, 0.15) is 24.1 Å². The lowest BCUT2D eigenvalue weighted by atomic mass is 10.1. The van der Waals surface area contributed by atoms with Gasteiger partial charge in [0.2, 0.25) is 15.9 Å². The summed E-state index contributed by atoms with van der Waals surface area (Å²) in [6, 6.07) is 20.8. The molecule has 0 spiro atoms. The smallest absolute Gasteiger partial charge is 0.243 e. The molecule has 1 N–H and O–H groups in total. The van der Waals surface area contributed by atoms with Crippen LogP contribution >= 0.6 is 15.9 Å². The maximum atomic E-state index is 13.6. The van der Waals surface area contributed by atoms with Gasteiger partial charge in [-0.25, -0.2) is 8.42 Å². The van der Waals surface area contributed by atoms with Crippen molar-refractivity contribution in [2.75, 3.05) is 20.8 Å². The molecule has 0 aliphatic carbocycles. The minimum Gasteiger partial charge on any atom is -0.493 e. The van der Waals surface area contributed by atoms with Crippen molar-refractivity contribution in [3.05, 3.63) is 88.4 Å². The molecule has 1 atom stereocenters. The zero-order valence-electron chi connectivity index (χ0n) is 19.2. The number of nitrogens with one attached hydrogen (secondary N) is 1. The molecule has 0 aromatic heterocycles. The van der Waals surface area contributed by atoms with Crippen molar-refractivity contribution >= 4 is 31.9 Å². The van der Waals surface area contributed by atoms with Gasteiger partial charge in [0, 0.05) is 17.1 Å². The highest BCUT2D eigenvalue weighted by molar-refractivity contribution is 9.10. The maximum Gasteiger partial charge on any atom is 0.243 e. The molecule has 1 unspecified atom stereocenters. The van der Waals surface area contributed by atoms with Gasteiger partial charge >= 0.3 is 0 Å². The molecule has 0 aliphatic rings. The molecule has 1 amide bonds. The number of carbonyl (C=O) groups excluding carboxylic acids is 1. The van der Waals surface area contributed by atoms with Gasteiger partial charge in [-0.15, -0.1) is 0 Å². The lowest BCUT2D eigenvalue weighted by Gasteiger charge is -2.24. The van der Waals surface area contributed by atoms with Crippen molar-refractivity contribution in [1.82, 2.24) is 9.62 Å². The Labute approximate surface area is 208 Å². The van der Waals surface area contributed by atoms with Crippen LogP contribution in [0, 0.1) is 0 Å². The van der Waals surface area contributed by atoms with Gasteiger partial charge in [-0.05, 0) is 42.3 Å². The molecule has 9 heteroatoms. The van der Waals surface area contributed by atoms with E-state index in [1.165, 1.54) is 32.4 Å². The third-order valence-electron chi connectivity index (χ3n) is 5.26. The molecule has 0 aliphatic heterocycles. The Bertz CT molecular complexity index is 1220. The Morgan fingerprint density at radius 3 is 2.24 bits per heavy atom. The van der Waals surface area contributed by atoms with E-state index >= 15 is 0 Å². The lowest BCUT2D eigenvalue weighted by molar-refractivity contribution is -0.122. The number of amides is 1. The summed E-state index contributed by atoms with van der Waals surface area (Å²) in [4.78, 5) is 12.9. The van der Waals surface area contributed by atoms with Crippen LogP contribution in [0.4, 0.5) is 0 Å².